The van der Waals surface area contributed by atoms with Crippen molar-refractivity contribution in [2.24, 2.45) is 0 Å². The van der Waals surface area contributed by atoms with Crippen LogP contribution in [0.25, 0.3) is 0 Å². The Balaban J connectivity index is 0. The molecule has 21 heavy (non-hydrogen) atoms. The SMILES string of the molecule is CCCCC/C=C\C/C=C\CCCCCCCC(=O)O.[CaH2]. The Bertz CT molecular complexity index is 272. The normalized spacial score (nSPS) is 11.1. The molecule has 0 atom stereocenters. The quantitative estimate of drug-likeness (QED) is 0.278. The van der Waals surface area contributed by atoms with Crippen LogP contribution in [-0.4, -0.2) is 48.8 Å². The summed E-state index contributed by atoms with van der Waals surface area (Å²) in [6.07, 6.45) is 22.3. The van der Waals surface area contributed by atoms with Gasteiger partial charge in [0.2, 0.25) is 0 Å². The van der Waals surface area contributed by atoms with Crippen LogP contribution in [0, 0.1) is 0 Å². The second-order valence-corrected chi connectivity index (χ2v) is 5.37. The number of allylic oxidation sites excluding steroid dienone is 4. The van der Waals surface area contributed by atoms with E-state index in [1.165, 1.54) is 44.9 Å². The van der Waals surface area contributed by atoms with Gasteiger partial charge in [-0.3, -0.25) is 4.79 Å². The molecule has 0 aliphatic carbocycles. The topological polar surface area (TPSA) is 37.3 Å². The third-order valence-corrected chi connectivity index (χ3v) is 3.34. The molecular formula is C18H34CaO2. The molecule has 0 unspecified atom stereocenters. The van der Waals surface area contributed by atoms with Crippen molar-refractivity contribution in [3.05, 3.63) is 24.3 Å². The van der Waals surface area contributed by atoms with Crippen molar-refractivity contribution in [1.82, 2.24) is 0 Å². The van der Waals surface area contributed by atoms with Crippen LogP contribution in [0.1, 0.15) is 84.0 Å². The Morgan fingerprint density at radius 1 is 0.810 bits per heavy atom. The fourth-order valence-electron chi connectivity index (χ4n) is 2.09. The van der Waals surface area contributed by atoms with Crippen LogP contribution in [0.15, 0.2) is 24.3 Å². The predicted octanol–water partition coefficient (Wildman–Crippen LogP) is 4.97. The average Bonchev–Trinajstić information content (AvgIpc) is 2.43. The second-order valence-electron chi connectivity index (χ2n) is 5.37. The van der Waals surface area contributed by atoms with Crippen molar-refractivity contribution in [2.45, 2.75) is 84.0 Å². The molecule has 0 aromatic heterocycles. The van der Waals surface area contributed by atoms with Gasteiger partial charge in [0.05, 0.1) is 0 Å². The number of hydrogen-bond acceptors (Lipinski definition) is 1. The zero-order valence-corrected chi connectivity index (χ0v) is 13.2. The van der Waals surface area contributed by atoms with E-state index >= 15 is 0 Å². The molecule has 0 amide bonds. The van der Waals surface area contributed by atoms with Gasteiger partial charge >= 0.3 is 43.7 Å². The Labute approximate surface area is 161 Å². The maximum absolute atomic E-state index is 10.3. The fourth-order valence-corrected chi connectivity index (χ4v) is 2.09. The van der Waals surface area contributed by atoms with E-state index in [-0.39, 0.29) is 37.7 Å². The number of carboxylic acid groups (broad SMARTS) is 1. The van der Waals surface area contributed by atoms with E-state index in [2.05, 4.69) is 31.2 Å². The third-order valence-electron chi connectivity index (χ3n) is 3.34. The standard InChI is InChI=1S/C18H32O2.Ca.2H/c1-2-3-4-5-6-7-8-9-10-11-12-13-14-15-16-17-18(19)20;;;/h6-7,9-10H,2-5,8,11-17H2,1H3,(H,19,20);;;/b7-6-,10-9-;;;. The van der Waals surface area contributed by atoms with Crippen LogP contribution >= 0.6 is 0 Å². The summed E-state index contributed by atoms with van der Waals surface area (Å²) in [6, 6.07) is 0. The first-order valence-electron chi connectivity index (χ1n) is 8.29. The molecule has 0 saturated carbocycles. The van der Waals surface area contributed by atoms with Crippen molar-refractivity contribution in [3.8, 4) is 0 Å². The third kappa shape index (κ3) is 22.6. The molecule has 0 aromatic carbocycles. The van der Waals surface area contributed by atoms with E-state index in [1.54, 1.807) is 0 Å². The molecule has 3 heteroatoms. The van der Waals surface area contributed by atoms with Gasteiger partial charge in [-0.2, -0.15) is 0 Å². The molecule has 0 aromatic rings. The van der Waals surface area contributed by atoms with Gasteiger partial charge < -0.3 is 5.11 Å². The summed E-state index contributed by atoms with van der Waals surface area (Å²) in [4.78, 5) is 10.3. The Kier molecular flexibility index (Phi) is 22.6. The van der Waals surface area contributed by atoms with Crippen molar-refractivity contribution in [1.29, 1.82) is 0 Å². The average molecular weight is 323 g/mol. The van der Waals surface area contributed by atoms with E-state index in [0.29, 0.717) is 6.42 Å². The molecule has 0 heterocycles. The minimum atomic E-state index is -0.671. The van der Waals surface area contributed by atoms with Crippen LogP contribution in [0.2, 0.25) is 0 Å². The molecule has 0 saturated heterocycles. The van der Waals surface area contributed by atoms with E-state index in [1.807, 2.05) is 0 Å². The Morgan fingerprint density at radius 2 is 1.33 bits per heavy atom. The van der Waals surface area contributed by atoms with Gasteiger partial charge in [-0.15, -0.1) is 0 Å². The fraction of sp³-hybridized carbons (Fsp3) is 0.722. The summed E-state index contributed by atoms with van der Waals surface area (Å²) in [7, 11) is 0. The van der Waals surface area contributed by atoms with Crippen LogP contribution < -0.4 is 0 Å². The van der Waals surface area contributed by atoms with Gasteiger partial charge in [0.1, 0.15) is 0 Å². The summed E-state index contributed by atoms with van der Waals surface area (Å²) in [5, 5.41) is 8.50. The van der Waals surface area contributed by atoms with Crippen molar-refractivity contribution >= 4 is 43.7 Å². The van der Waals surface area contributed by atoms with Gasteiger partial charge in [0.15, 0.2) is 0 Å². The molecule has 2 nitrogen and oxygen atoms in total. The summed E-state index contributed by atoms with van der Waals surface area (Å²) < 4.78 is 0. The molecule has 0 spiro atoms. The summed E-state index contributed by atoms with van der Waals surface area (Å²) >= 11 is 0. The molecule has 1 N–H and O–H groups in total. The molecule has 0 rings (SSSR count). The van der Waals surface area contributed by atoms with Crippen molar-refractivity contribution < 1.29 is 9.90 Å². The molecule has 0 radical (unpaired) electrons. The van der Waals surface area contributed by atoms with E-state index in [0.717, 1.165) is 25.7 Å². The number of hydrogen-bond donors (Lipinski definition) is 1. The number of carboxylic acids is 1. The van der Waals surface area contributed by atoms with Crippen LogP contribution in [-0.2, 0) is 4.79 Å². The van der Waals surface area contributed by atoms with Gasteiger partial charge in [-0.1, -0.05) is 63.3 Å². The zero-order valence-electron chi connectivity index (χ0n) is 13.2. The second kappa shape index (κ2) is 20.2. The van der Waals surface area contributed by atoms with Gasteiger partial charge in [-0.25, -0.2) is 0 Å². The summed E-state index contributed by atoms with van der Waals surface area (Å²) in [5.41, 5.74) is 0. The summed E-state index contributed by atoms with van der Waals surface area (Å²) in [5.74, 6) is -0.671. The van der Waals surface area contributed by atoms with Crippen molar-refractivity contribution in [3.63, 3.8) is 0 Å². The Morgan fingerprint density at radius 3 is 1.90 bits per heavy atom. The maximum atomic E-state index is 10.3. The van der Waals surface area contributed by atoms with E-state index < -0.39 is 5.97 Å². The molecule has 120 valence electrons. The van der Waals surface area contributed by atoms with Gasteiger partial charge in [0.25, 0.3) is 0 Å². The van der Waals surface area contributed by atoms with Crippen LogP contribution in [0.4, 0.5) is 0 Å². The van der Waals surface area contributed by atoms with Gasteiger partial charge in [-0.05, 0) is 38.5 Å². The number of unbranched alkanes of at least 4 members (excludes halogenated alkanes) is 8. The first-order valence-corrected chi connectivity index (χ1v) is 8.29. The zero-order chi connectivity index (χ0) is 14.9. The number of aliphatic carboxylic acids is 1. The monoisotopic (exact) mass is 322 g/mol. The van der Waals surface area contributed by atoms with Gasteiger partial charge in [0, 0.05) is 6.42 Å². The number of rotatable bonds is 14. The van der Waals surface area contributed by atoms with Crippen LogP contribution in [0.3, 0.4) is 0 Å². The van der Waals surface area contributed by atoms with Crippen molar-refractivity contribution in [2.75, 3.05) is 0 Å². The minimum absolute atomic E-state index is 0. The number of carbonyl (C=O) groups is 1. The molecule has 0 fully saturated rings. The summed E-state index contributed by atoms with van der Waals surface area (Å²) in [6.45, 7) is 2.23. The molecule has 0 aliphatic heterocycles. The molecule has 0 aliphatic rings. The van der Waals surface area contributed by atoms with E-state index in [9.17, 15) is 4.79 Å². The molecular weight excluding hydrogens is 288 g/mol. The van der Waals surface area contributed by atoms with E-state index in [4.69, 9.17) is 5.11 Å². The first kappa shape index (κ1) is 23.5. The van der Waals surface area contributed by atoms with Crippen LogP contribution in [0.5, 0.6) is 0 Å². The molecule has 0 bridgehead atoms. The Hall–Kier alpha value is 0.210. The first-order chi connectivity index (χ1) is 9.77. The predicted molar refractivity (Wildman–Crippen MR) is 95.5 cm³/mol.